The third-order valence-corrected chi connectivity index (χ3v) is 7.71. The van der Waals surface area contributed by atoms with Gasteiger partial charge >= 0.3 is 0 Å². The molecule has 1 heterocycles. The summed E-state index contributed by atoms with van der Waals surface area (Å²) < 4.78 is 13.6. The molecule has 3 atom stereocenters. The van der Waals surface area contributed by atoms with E-state index in [1.807, 2.05) is 43.3 Å². The first-order chi connectivity index (χ1) is 14.9. The number of carbonyl (C=O) groups is 2. The van der Waals surface area contributed by atoms with Crippen molar-refractivity contribution in [3.05, 3.63) is 35.9 Å². The molecule has 0 unspecified atom stereocenters. The van der Waals surface area contributed by atoms with Crippen molar-refractivity contribution in [2.75, 3.05) is 13.1 Å². The molecule has 3 saturated carbocycles. The number of carbonyl (C=O) groups excluding carboxylic acids is 2. The lowest BCUT2D eigenvalue weighted by molar-refractivity contribution is -0.140. The van der Waals surface area contributed by atoms with Gasteiger partial charge in [-0.05, 0) is 51.0 Å². The molecule has 1 aliphatic heterocycles. The van der Waals surface area contributed by atoms with Gasteiger partial charge in [0.05, 0.1) is 25.2 Å². The third kappa shape index (κ3) is 4.31. The van der Waals surface area contributed by atoms with Crippen LogP contribution in [-0.4, -0.2) is 47.6 Å². The van der Waals surface area contributed by atoms with Crippen molar-refractivity contribution < 1.29 is 14.0 Å². The molecule has 2 bridgehead atoms. The first-order valence-electron chi connectivity index (χ1n) is 11.3. The van der Waals surface area contributed by atoms with E-state index < -0.39 is 12.2 Å². The Balaban J connectivity index is 1.31. The summed E-state index contributed by atoms with van der Waals surface area (Å²) in [4.78, 5) is 27.1. The number of amides is 2. The zero-order valence-electron chi connectivity index (χ0n) is 18.1. The number of hydrogen-bond acceptors (Lipinski definition) is 4. The Morgan fingerprint density at radius 3 is 2.45 bits per heavy atom. The molecule has 2 amide bonds. The summed E-state index contributed by atoms with van der Waals surface area (Å²) in [7, 11) is 0. The highest BCUT2D eigenvalue weighted by Gasteiger charge is 2.52. The Hall–Kier alpha value is -2.46. The van der Waals surface area contributed by atoms with Gasteiger partial charge in [0.1, 0.15) is 12.2 Å². The van der Waals surface area contributed by atoms with Crippen molar-refractivity contribution in [3.8, 4) is 6.07 Å². The molecule has 2 N–H and O–H groups in total. The number of benzene rings is 1. The van der Waals surface area contributed by atoms with Crippen molar-refractivity contribution in [1.82, 2.24) is 15.5 Å². The van der Waals surface area contributed by atoms with E-state index >= 15 is 0 Å². The lowest BCUT2D eigenvalue weighted by Gasteiger charge is -2.53. The van der Waals surface area contributed by atoms with Gasteiger partial charge in [0.2, 0.25) is 11.8 Å². The van der Waals surface area contributed by atoms with Crippen molar-refractivity contribution in [2.45, 2.75) is 75.7 Å². The second-order valence-electron chi connectivity index (χ2n) is 9.54. The van der Waals surface area contributed by atoms with Crippen molar-refractivity contribution in [2.24, 2.45) is 5.41 Å². The Kier molecular flexibility index (Phi) is 6.02. The van der Waals surface area contributed by atoms with Gasteiger partial charge in [-0.1, -0.05) is 30.3 Å². The summed E-state index contributed by atoms with van der Waals surface area (Å²) in [6.45, 7) is 2.14. The molecule has 0 aromatic heterocycles. The van der Waals surface area contributed by atoms with Gasteiger partial charge in [-0.15, -0.1) is 0 Å². The lowest BCUT2D eigenvalue weighted by Crippen LogP contribution is -2.60. The fraction of sp³-hybridized carbons (Fsp3) is 0.625. The van der Waals surface area contributed by atoms with Crippen molar-refractivity contribution in [1.29, 1.82) is 5.26 Å². The van der Waals surface area contributed by atoms with Crippen LogP contribution < -0.4 is 10.6 Å². The minimum atomic E-state index is -1.12. The molecule has 166 valence electrons. The molecular weight excluding hydrogens is 395 g/mol. The first kappa shape index (κ1) is 21.8. The largest absolute Gasteiger partial charge is 0.349 e. The Morgan fingerprint density at radius 2 is 1.84 bits per heavy atom. The van der Waals surface area contributed by atoms with Gasteiger partial charge in [-0.3, -0.25) is 9.59 Å². The van der Waals surface area contributed by atoms with Crippen LogP contribution in [0.2, 0.25) is 0 Å². The van der Waals surface area contributed by atoms with Gasteiger partial charge in [0, 0.05) is 17.4 Å². The minimum absolute atomic E-state index is 0.00855. The van der Waals surface area contributed by atoms with Crippen LogP contribution >= 0.6 is 0 Å². The zero-order valence-corrected chi connectivity index (χ0v) is 18.1. The van der Waals surface area contributed by atoms with E-state index in [9.17, 15) is 19.2 Å². The highest BCUT2D eigenvalue weighted by atomic mass is 19.1. The van der Waals surface area contributed by atoms with Gasteiger partial charge in [-0.25, -0.2) is 4.39 Å². The second-order valence-corrected chi connectivity index (χ2v) is 9.54. The summed E-state index contributed by atoms with van der Waals surface area (Å²) in [5.41, 5.74) is 0.639. The maximum Gasteiger partial charge on any atom is 0.237 e. The molecule has 6 nitrogen and oxygen atoms in total. The number of likely N-dealkylation sites (tertiary alicyclic amines) is 1. The molecule has 7 heteroatoms. The maximum absolute atomic E-state index is 13.6. The molecular formula is C24H31FN4O2. The predicted octanol–water partition coefficient (Wildman–Crippen LogP) is 3.01. The van der Waals surface area contributed by atoms with E-state index in [-0.39, 0.29) is 48.3 Å². The maximum atomic E-state index is 13.6. The van der Waals surface area contributed by atoms with E-state index in [4.69, 9.17) is 0 Å². The number of nitrogens with zero attached hydrogens (tertiary/aromatic N) is 2. The van der Waals surface area contributed by atoms with Gasteiger partial charge in [0.25, 0.3) is 0 Å². The molecule has 4 aliphatic rings. The summed E-state index contributed by atoms with van der Waals surface area (Å²) in [5, 5.41) is 15.8. The Morgan fingerprint density at radius 1 is 1.19 bits per heavy atom. The van der Waals surface area contributed by atoms with Gasteiger partial charge < -0.3 is 15.5 Å². The van der Waals surface area contributed by atoms with E-state index in [2.05, 4.69) is 10.6 Å². The van der Waals surface area contributed by atoms with Crippen molar-refractivity contribution in [3.63, 3.8) is 0 Å². The van der Waals surface area contributed by atoms with E-state index in [1.165, 1.54) is 4.90 Å². The number of halogens is 1. The molecule has 0 radical (unpaired) electrons. The monoisotopic (exact) mass is 426 g/mol. The van der Waals surface area contributed by atoms with Crippen LogP contribution in [0.5, 0.6) is 0 Å². The van der Waals surface area contributed by atoms with Crippen LogP contribution in [0, 0.1) is 16.7 Å². The summed E-state index contributed by atoms with van der Waals surface area (Å²) in [6.07, 6.45) is 3.94. The average molecular weight is 427 g/mol. The SMILES string of the molecule is C[C@@H](NC(=O)C12CCC(NCC(=O)N3C[C@@H](F)C[C@H]3C#N)(CC1)CC2)c1ccccc1. The van der Waals surface area contributed by atoms with Crippen molar-refractivity contribution >= 4 is 11.8 Å². The lowest BCUT2D eigenvalue weighted by atomic mass is 9.57. The number of fused-ring (bicyclic) bond motifs is 3. The second kappa shape index (κ2) is 8.58. The van der Waals surface area contributed by atoms with Crippen LogP contribution in [0.15, 0.2) is 30.3 Å². The Labute approximate surface area is 183 Å². The number of hydrogen-bond donors (Lipinski definition) is 2. The molecule has 3 aliphatic carbocycles. The van der Waals surface area contributed by atoms with Gasteiger partial charge in [0.15, 0.2) is 0 Å². The fourth-order valence-electron chi connectivity index (χ4n) is 5.51. The third-order valence-electron chi connectivity index (χ3n) is 7.71. The molecule has 0 spiro atoms. The van der Waals surface area contributed by atoms with Crippen LogP contribution in [-0.2, 0) is 9.59 Å². The van der Waals surface area contributed by atoms with Crippen LogP contribution in [0.4, 0.5) is 4.39 Å². The first-order valence-corrected chi connectivity index (χ1v) is 11.3. The number of nitrogens with one attached hydrogen (secondary N) is 2. The van der Waals surface area contributed by atoms with Gasteiger partial charge in [-0.2, -0.15) is 5.26 Å². The van der Waals surface area contributed by atoms with E-state index in [0.717, 1.165) is 44.1 Å². The standard InChI is InChI=1S/C24H31FN4O2/c1-17(18-5-3-2-4-6-18)28-22(31)23-7-10-24(11-8-23,12-9-23)27-15-21(30)29-16-19(25)13-20(29)14-26/h2-6,17,19-20,27H,7-13,15-16H2,1H3,(H,28,31)/t17-,19+,20+,23?,24?/m1/s1. The Bertz CT molecular complexity index is 844. The van der Waals surface area contributed by atoms with E-state index in [1.54, 1.807) is 0 Å². The highest BCUT2D eigenvalue weighted by molar-refractivity contribution is 5.83. The molecule has 4 fully saturated rings. The smallest absolute Gasteiger partial charge is 0.237 e. The molecule has 5 rings (SSSR count). The number of alkyl halides is 1. The molecule has 1 aromatic rings. The topological polar surface area (TPSA) is 85.2 Å². The minimum Gasteiger partial charge on any atom is -0.349 e. The molecule has 1 aromatic carbocycles. The normalized spacial score (nSPS) is 33.0. The molecule has 31 heavy (non-hydrogen) atoms. The summed E-state index contributed by atoms with van der Waals surface area (Å²) >= 11 is 0. The predicted molar refractivity (Wildman–Crippen MR) is 114 cm³/mol. The number of rotatable bonds is 6. The fourth-order valence-corrected chi connectivity index (χ4v) is 5.51. The van der Waals surface area contributed by atoms with E-state index in [0.29, 0.717) is 0 Å². The van der Waals surface area contributed by atoms with Crippen LogP contribution in [0.1, 0.15) is 63.5 Å². The quantitative estimate of drug-likeness (QED) is 0.732. The van der Waals surface area contributed by atoms with Crippen LogP contribution in [0.3, 0.4) is 0 Å². The summed E-state index contributed by atoms with van der Waals surface area (Å²) in [6, 6.07) is 11.3. The highest BCUT2D eigenvalue weighted by Crippen LogP contribution is 2.52. The molecule has 1 saturated heterocycles. The average Bonchev–Trinajstić information content (AvgIpc) is 3.20. The summed E-state index contributed by atoms with van der Waals surface area (Å²) in [5.74, 6) is -0.0749. The zero-order chi connectivity index (χ0) is 22.1. The number of nitriles is 1. The van der Waals surface area contributed by atoms with Crippen LogP contribution in [0.25, 0.3) is 0 Å².